The van der Waals surface area contributed by atoms with Crippen molar-refractivity contribution in [1.82, 2.24) is 14.9 Å². The van der Waals surface area contributed by atoms with Crippen LogP contribution in [0, 0.1) is 11.8 Å². The van der Waals surface area contributed by atoms with Gasteiger partial charge in [-0.05, 0) is 30.4 Å². The van der Waals surface area contributed by atoms with Crippen LogP contribution in [-0.2, 0) is 14.6 Å². The lowest BCUT2D eigenvalue weighted by Crippen LogP contribution is -2.45. The molecule has 0 unspecified atom stereocenters. The molecule has 3 atom stereocenters. The molecule has 1 heterocycles. The summed E-state index contributed by atoms with van der Waals surface area (Å²) in [4.78, 5) is 16.4. The number of hydrogen-bond donors (Lipinski definition) is 1. The Kier molecular flexibility index (Phi) is 5.46. The second-order valence-electron chi connectivity index (χ2n) is 7.12. The van der Waals surface area contributed by atoms with E-state index in [9.17, 15) is 13.2 Å². The molecule has 0 spiro atoms. The summed E-state index contributed by atoms with van der Waals surface area (Å²) in [5, 5.41) is 2.81. The monoisotopic (exact) mass is 375 g/mol. The first kappa shape index (κ1) is 18.6. The van der Waals surface area contributed by atoms with E-state index in [1.165, 1.54) is 10.8 Å². The lowest BCUT2D eigenvalue weighted by molar-refractivity contribution is -0.120. The van der Waals surface area contributed by atoms with Crippen LogP contribution in [0.5, 0.6) is 0 Å². The van der Waals surface area contributed by atoms with Gasteiger partial charge in [0.25, 0.3) is 0 Å². The van der Waals surface area contributed by atoms with Crippen LogP contribution >= 0.6 is 0 Å². The number of aromatic nitrogens is 2. The number of imidazole rings is 1. The van der Waals surface area contributed by atoms with Gasteiger partial charge in [0, 0.05) is 24.1 Å². The summed E-state index contributed by atoms with van der Waals surface area (Å²) >= 11 is 0. The number of hydrogen-bond acceptors (Lipinski definition) is 4. The van der Waals surface area contributed by atoms with E-state index >= 15 is 0 Å². The molecular formula is C19H25N3O3S. The number of nitrogens with zero attached hydrogens (tertiary/aromatic N) is 2. The molecule has 1 aromatic heterocycles. The van der Waals surface area contributed by atoms with Crippen LogP contribution in [0.1, 0.15) is 33.1 Å². The van der Waals surface area contributed by atoms with E-state index in [0.717, 1.165) is 19.3 Å². The fourth-order valence-corrected chi connectivity index (χ4v) is 4.82. The SMILES string of the molecule is C[C@@H]1[C@H](C)CCC[C@H]1NC(=O)CS(=O)(=O)c1nccn1-c1ccccc1. The van der Waals surface area contributed by atoms with Crippen molar-refractivity contribution in [2.75, 3.05) is 5.75 Å². The predicted molar refractivity (Wildman–Crippen MR) is 99.7 cm³/mol. The summed E-state index contributed by atoms with van der Waals surface area (Å²) in [6, 6.07) is 9.13. The van der Waals surface area contributed by atoms with Crippen LogP contribution in [0.4, 0.5) is 0 Å². The quantitative estimate of drug-likeness (QED) is 0.871. The van der Waals surface area contributed by atoms with Gasteiger partial charge in [0.05, 0.1) is 0 Å². The molecule has 1 aliphatic rings. The number of carbonyl (C=O) groups excluding carboxylic acids is 1. The van der Waals surface area contributed by atoms with E-state index in [1.807, 2.05) is 18.2 Å². The summed E-state index contributed by atoms with van der Waals surface area (Å²) in [7, 11) is -3.84. The van der Waals surface area contributed by atoms with Crippen molar-refractivity contribution >= 4 is 15.7 Å². The van der Waals surface area contributed by atoms with E-state index in [2.05, 4.69) is 24.1 Å². The van der Waals surface area contributed by atoms with E-state index in [0.29, 0.717) is 17.5 Å². The molecule has 7 heteroatoms. The summed E-state index contributed by atoms with van der Waals surface area (Å²) in [5.41, 5.74) is 0.693. The van der Waals surface area contributed by atoms with Gasteiger partial charge in [0.15, 0.2) is 0 Å². The average molecular weight is 375 g/mol. The van der Waals surface area contributed by atoms with Crippen LogP contribution in [0.25, 0.3) is 5.69 Å². The van der Waals surface area contributed by atoms with Crippen LogP contribution in [0.2, 0.25) is 0 Å². The smallest absolute Gasteiger partial charge is 0.235 e. The number of amides is 1. The van der Waals surface area contributed by atoms with Crippen LogP contribution in [0.15, 0.2) is 47.9 Å². The minimum absolute atomic E-state index is 0.0373. The first-order valence-electron chi connectivity index (χ1n) is 8.99. The highest BCUT2D eigenvalue weighted by Gasteiger charge is 2.31. The third kappa shape index (κ3) is 3.98. The lowest BCUT2D eigenvalue weighted by atomic mass is 9.78. The molecule has 0 aliphatic heterocycles. The van der Waals surface area contributed by atoms with Crippen LogP contribution in [0.3, 0.4) is 0 Å². The molecule has 1 aromatic carbocycles. The van der Waals surface area contributed by atoms with E-state index in [1.54, 1.807) is 18.3 Å². The molecule has 140 valence electrons. The zero-order valence-corrected chi connectivity index (χ0v) is 15.9. The predicted octanol–water partition coefficient (Wildman–Crippen LogP) is 2.59. The Hall–Kier alpha value is -2.15. The van der Waals surface area contributed by atoms with Gasteiger partial charge in [-0.15, -0.1) is 0 Å². The minimum Gasteiger partial charge on any atom is -0.352 e. The number of benzene rings is 1. The maximum Gasteiger partial charge on any atom is 0.235 e. The molecule has 1 aliphatic carbocycles. The summed E-state index contributed by atoms with van der Waals surface area (Å²) in [6.07, 6.45) is 6.13. The first-order valence-corrected chi connectivity index (χ1v) is 10.6. The minimum atomic E-state index is -3.84. The summed E-state index contributed by atoms with van der Waals surface area (Å²) in [5.74, 6) is -0.169. The molecule has 2 aromatic rings. The Morgan fingerprint density at radius 1 is 1.23 bits per heavy atom. The molecule has 1 saturated carbocycles. The number of nitrogens with one attached hydrogen (secondary N) is 1. The molecule has 6 nitrogen and oxygen atoms in total. The molecule has 3 rings (SSSR count). The van der Waals surface area contributed by atoms with Gasteiger partial charge >= 0.3 is 0 Å². The van der Waals surface area contributed by atoms with E-state index in [4.69, 9.17) is 0 Å². The zero-order chi connectivity index (χ0) is 18.7. The second-order valence-corrected chi connectivity index (χ2v) is 9.00. The molecule has 0 saturated heterocycles. The number of rotatable bonds is 5. The maximum absolute atomic E-state index is 12.7. The zero-order valence-electron chi connectivity index (χ0n) is 15.1. The normalized spacial score (nSPS) is 23.5. The van der Waals surface area contributed by atoms with Gasteiger partial charge < -0.3 is 5.32 Å². The molecule has 26 heavy (non-hydrogen) atoms. The largest absolute Gasteiger partial charge is 0.352 e. The van der Waals surface area contributed by atoms with Crippen molar-refractivity contribution in [3.8, 4) is 5.69 Å². The Morgan fingerprint density at radius 3 is 2.69 bits per heavy atom. The van der Waals surface area contributed by atoms with Gasteiger partial charge in [0.1, 0.15) is 5.75 Å². The Balaban J connectivity index is 1.74. The summed E-state index contributed by atoms with van der Waals surface area (Å²) in [6.45, 7) is 4.29. The Bertz CT molecular complexity index is 861. The molecular weight excluding hydrogens is 350 g/mol. The summed E-state index contributed by atoms with van der Waals surface area (Å²) < 4.78 is 27.0. The van der Waals surface area contributed by atoms with Crippen molar-refractivity contribution in [2.45, 2.75) is 44.3 Å². The van der Waals surface area contributed by atoms with Crippen molar-refractivity contribution in [3.05, 3.63) is 42.7 Å². The molecule has 0 radical (unpaired) electrons. The number of sulfone groups is 1. The van der Waals surface area contributed by atoms with E-state index in [-0.39, 0.29) is 11.2 Å². The van der Waals surface area contributed by atoms with Crippen molar-refractivity contribution in [1.29, 1.82) is 0 Å². The van der Waals surface area contributed by atoms with Gasteiger partial charge in [0.2, 0.25) is 20.9 Å². The van der Waals surface area contributed by atoms with E-state index < -0.39 is 21.5 Å². The number of para-hydroxylation sites is 1. The van der Waals surface area contributed by atoms with Gasteiger partial charge in [-0.3, -0.25) is 9.36 Å². The Morgan fingerprint density at radius 2 is 1.96 bits per heavy atom. The number of carbonyl (C=O) groups is 1. The van der Waals surface area contributed by atoms with Gasteiger partial charge in [-0.1, -0.05) is 44.9 Å². The topological polar surface area (TPSA) is 81.1 Å². The molecule has 1 N–H and O–H groups in total. The van der Waals surface area contributed by atoms with Crippen molar-refractivity contribution in [2.24, 2.45) is 11.8 Å². The maximum atomic E-state index is 12.7. The van der Waals surface area contributed by atoms with Gasteiger partial charge in [-0.25, -0.2) is 13.4 Å². The van der Waals surface area contributed by atoms with Crippen LogP contribution in [-0.4, -0.2) is 35.7 Å². The Labute approximate surface area is 154 Å². The van der Waals surface area contributed by atoms with Gasteiger partial charge in [-0.2, -0.15) is 0 Å². The standard InChI is InChI=1S/C19H25N3O3S/c1-14-7-6-10-17(15(14)2)21-18(23)13-26(24,25)19-20-11-12-22(19)16-8-4-3-5-9-16/h3-5,8-9,11-12,14-15,17H,6-7,10,13H2,1-2H3,(H,21,23)/t14-,15-,17-/m1/s1. The van der Waals surface area contributed by atoms with Crippen molar-refractivity contribution < 1.29 is 13.2 Å². The average Bonchev–Trinajstić information content (AvgIpc) is 3.10. The third-order valence-electron chi connectivity index (χ3n) is 5.29. The first-order chi connectivity index (χ1) is 12.4. The molecule has 1 amide bonds. The van der Waals surface area contributed by atoms with Crippen LogP contribution < -0.4 is 5.32 Å². The fourth-order valence-electron chi connectivity index (χ4n) is 3.58. The third-order valence-corrected chi connectivity index (χ3v) is 6.79. The highest BCUT2D eigenvalue weighted by atomic mass is 32.2. The fraction of sp³-hybridized carbons (Fsp3) is 0.474. The molecule has 1 fully saturated rings. The highest BCUT2D eigenvalue weighted by molar-refractivity contribution is 7.92. The highest BCUT2D eigenvalue weighted by Crippen LogP contribution is 2.29. The second kappa shape index (κ2) is 7.61. The lowest BCUT2D eigenvalue weighted by Gasteiger charge is -2.34. The van der Waals surface area contributed by atoms with Crippen molar-refractivity contribution in [3.63, 3.8) is 0 Å². The molecule has 0 bridgehead atoms.